The zero-order valence-corrected chi connectivity index (χ0v) is 14.3. The van der Waals surface area contributed by atoms with Crippen molar-refractivity contribution in [1.29, 1.82) is 0 Å². The molecular formula is C16H18FN3O4S. The lowest BCUT2D eigenvalue weighted by atomic mass is 10.0. The zero-order valence-electron chi connectivity index (χ0n) is 13.5. The Balaban J connectivity index is 1.94. The van der Waals surface area contributed by atoms with Gasteiger partial charge in [0.15, 0.2) is 5.76 Å². The number of nitrogens with two attached hydrogens (primary N) is 1. The Morgan fingerprint density at radius 1 is 1.40 bits per heavy atom. The number of nitrogens with zero attached hydrogens (tertiary/aromatic N) is 1. The van der Waals surface area contributed by atoms with Crippen molar-refractivity contribution in [1.82, 2.24) is 10.2 Å². The van der Waals surface area contributed by atoms with Gasteiger partial charge in [-0.2, -0.15) is 0 Å². The Hall–Kier alpha value is -2.23. The summed E-state index contributed by atoms with van der Waals surface area (Å²) in [5.74, 6) is -0.900. The number of nitrogens with one attached hydrogen (secondary N) is 1. The smallest absolute Gasteiger partial charge is 0.290 e. The van der Waals surface area contributed by atoms with Crippen molar-refractivity contribution >= 4 is 15.9 Å². The van der Waals surface area contributed by atoms with Crippen LogP contribution in [-0.4, -0.2) is 38.9 Å². The summed E-state index contributed by atoms with van der Waals surface area (Å²) in [7, 11) is -3.97. The quantitative estimate of drug-likeness (QED) is 0.847. The van der Waals surface area contributed by atoms with E-state index in [4.69, 9.17) is 9.56 Å². The Bertz CT molecular complexity index is 910. The molecule has 9 heteroatoms. The van der Waals surface area contributed by atoms with Gasteiger partial charge in [-0.15, -0.1) is 0 Å². The van der Waals surface area contributed by atoms with Crippen LogP contribution >= 0.6 is 0 Å². The van der Waals surface area contributed by atoms with E-state index in [1.165, 1.54) is 24.0 Å². The molecule has 1 amide bonds. The highest BCUT2D eigenvalue weighted by atomic mass is 32.2. The molecular weight excluding hydrogens is 349 g/mol. The topological polar surface area (TPSA) is 106 Å². The number of hydrogen-bond acceptors (Lipinski definition) is 5. The van der Waals surface area contributed by atoms with Gasteiger partial charge in [-0.1, -0.05) is 12.1 Å². The van der Waals surface area contributed by atoms with E-state index in [1.807, 2.05) is 0 Å². The van der Waals surface area contributed by atoms with Crippen LogP contribution in [0.2, 0.25) is 0 Å². The Morgan fingerprint density at radius 3 is 2.80 bits per heavy atom. The molecule has 1 fully saturated rings. The molecule has 134 valence electrons. The lowest BCUT2D eigenvalue weighted by Gasteiger charge is -2.36. The van der Waals surface area contributed by atoms with E-state index in [9.17, 15) is 17.6 Å². The molecule has 0 spiro atoms. The largest absolute Gasteiger partial charge is 0.455 e. The van der Waals surface area contributed by atoms with E-state index in [0.717, 1.165) is 6.07 Å². The summed E-state index contributed by atoms with van der Waals surface area (Å²) in [6, 6.07) is 6.78. The Labute approximate surface area is 144 Å². The lowest BCUT2D eigenvalue weighted by Crippen LogP contribution is -2.48. The van der Waals surface area contributed by atoms with Gasteiger partial charge in [0, 0.05) is 25.7 Å². The van der Waals surface area contributed by atoms with Gasteiger partial charge in [0.25, 0.3) is 5.91 Å². The molecule has 0 saturated carbocycles. The first-order valence-electron chi connectivity index (χ1n) is 7.68. The predicted octanol–water partition coefficient (Wildman–Crippen LogP) is 1.16. The highest BCUT2D eigenvalue weighted by molar-refractivity contribution is 7.89. The van der Waals surface area contributed by atoms with Crippen LogP contribution in [0, 0.1) is 12.7 Å². The second kappa shape index (κ2) is 6.58. The van der Waals surface area contributed by atoms with Crippen molar-refractivity contribution in [3.05, 3.63) is 53.2 Å². The molecule has 1 aromatic heterocycles. The average molecular weight is 367 g/mol. The average Bonchev–Trinajstić information content (AvgIpc) is 2.96. The predicted molar refractivity (Wildman–Crippen MR) is 87.9 cm³/mol. The number of carbonyl (C=O) groups is 1. The Morgan fingerprint density at radius 2 is 2.16 bits per heavy atom. The highest BCUT2D eigenvalue weighted by Crippen LogP contribution is 2.27. The molecule has 1 saturated heterocycles. The maximum absolute atomic E-state index is 13.5. The number of aryl methyl sites for hydroxylation is 1. The molecule has 1 aliphatic heterocycles. The van der Waals surface area contributed by atoms with Crippen LogP contribution in [0.4, 0.5) is 4.39 Å². The third-order valence-corrected chi connectivity index (χ3v) is 5.15. The van der Waals surface area contributed by atoms with Crippen LogP contribution in [0.1, 0.15) is 27.9 Å². The molecule has 3 N–H and O–H groups in total. The number of amides is 1. The number of halogens is 1. The molecule has 2 heterocycles. The normalized spacial score (nSPS) is 18.4. The number of rotatable bonds is 3. The van der Waals surface area contributed by atoms with Gasteiger partial charge in [0.05, 0.1) is 6.04 Å². The second-order valence-corrected chi connectivity index (χ2v) is 7.38. The van der Waals surface area contributed by atoms with E-state index >= 15 is 0 Å². The summed E-state index contributed by atoms with van der Waals surface area (Å²) in [6.45, 7) is 2.83. The number of sulfonamides is 1. The third-order valence-electron chi connectivity index (χ3n) is 4.13. The fourth-order valence-corrected chi connectivity index (χ4v) is 3.67. The van der Waals surface area contributed by atoms with Crippen LogP contribution in [0.5, 0.6) is 0 Å². The molecule has 7 nitrogen and oxygen atoms in total. The van der Waals surface area contributed by atoms with Crippen molar-refractivity contribution in [3.63, 3.8) is 0 Å². The lowest BCUT2D eigenvalue weighted by molar-refractivity contribution is 0.0600. The molecule has 1 atom stereocenters. The summed E-state index contributed by atoms with van der Waals surface area (Å²) in [5.41, 5.74) is 0.649. The van der Waals surface area contributed by atoms with Gasteiger partial charge in [-0.25, -0.2) is 17.9 Å². The molecule has 1 unspecified atom stereocenters. The minimum absolute atomic E-state index is 0.0586. The van der Waals surface area contributed by atoms with Crippen LogP contribution in [-0.2, 0) is 10.0 Å². The minimum Gasteiger partial charge on any atom is -0.455 e. The second-order valence-electron chi connectivity index (χ2n) is 5.85. The van der Waals surface area contributed by atoms with Gasteiger partial charge < -0.3 is 14.6 Å². The molecule has 1 aliphatic rings. The van der Waals surface area contributed by atoms with Gasteiger partial charge in [0.2, 0.25) is 10.0 Å². The molecule has 2 aromatic rings. The summed E-state index contributed by atoms with van der Waals surface area (Å²) >= 11 is 0. The van der Waals surface area contributed by atoms with Gasteiger partial charge >= 0.3 is 0 Å². The summed E-state index contributed by atoms with van der Waals surface area (Å²) in [6.07, 6.45) is 0. The number of carbonyl (C=O) groups excluding carboxylic acids is 1. The van der Waals surface area contributed by atoms with E-state index in [1.54, 1.807) is 12.1 Å². The number of furan rings is 1. The number of primary sulfonamides is 1. The van der Waals surface area contributed by atoms with Gasteiger partial charge in [0.1, 0.15) is 16.5 Å². The van der Waals surface area contributed by atoms with Gasteiger partial charge in [-0.05, 0) is 24.6 Å². The standard InChI is InChI=1S/C16H18FN3O4S/c1-10-15(25(18,22)23)8-14(24-10)16(21)20-6-5-19-9-13(20)11-3-2-4-12(17)7-11/h2-4,7-8,13,19H,5-6,9H2,1H3,(H2,18,22,23). The Kier molecular flexibility index (Phi) is 4.63. The number of piperazine rings is 1. The first-order valence-corrected chi connectivity index (χ1v) is 9.22. The molecule has 1 aromatic carbocycles. The number of benzene rings is 1. The maximum atomic E-state index is 13.5. The van der Waals surface area contributed by atoms with Crippen molar-refractivity contribution in [2.45, 2.75) is 17.9 Å². The zero-order chi connectivity index (χ0) is 18.2. The van der Waals surface area contributed by atoms with Crippen molar-refractivity contribution in [3.8, 4) is 0 Å². The van der Waals surface area contributed by atoms with E-state index < -0.39 is 15.9 Å². The first kappa shape index (κ1) is 17.6. The molecule has 25 heavy (non-hydrogen) atoms. The monoisotopic (exact) mass is 367 g/mol. The van der Waals surface area contributed by atoms with E-state index in [0.29, 0.717) is 25.2 Å². The fraction of sp³-hybridized carbons (Fsp3) is 0.312. The van der Waals surface area contributed by atoms with E-state index in [2.05, 4.69) is 5.32 Å². The first-order chi connectivity index (χ1) is 11.8. The molecule has 0 radical (unpaired) electrons. The highest BCUT2D eigenvalue weighted by Gasteiger charge is 2.32. The van der Waals surface area contributed by atoms with Crippen molar-refractivity contribution in [2.75, 3.05) is 19.6 Å². The maximum Gasteiger partial charge on any atom is 0.290 e. The fourth-order valence-electron chi connectivity index (χ4n) is 2.95. The van der Waals surface area contributed by atoms with Crippen LogP contribution < -0.4 is 10.5 Å². The van der Waals surface area contributed by atoms with Crippen LogP contribution in [0.3, 0.4) is 0 Å². The van der Waals surface area contributed by atoms with Gasteiger partial charge in [-0.3, -0.25) is 4.79 Å². The van der Waals surface area contributed by atoms with Crippen LogP contribution in [0.15, 0.2) is 39.6 Å². The molecule has 0 bridgehead atoms. The molecule has 0 aliphatic carbocycles. The summed E-state index contributed by atoms with van der Waals surface area (Å²) in [5, 5.41) is 8.29. The summed E-state index contributed by atoms with van der Waals surface area (Å²) in [4.78, 5) is 14.2. The van der Waals surface area contributed by atoms with Crippen molar-refractivity contribution < 1.29 is 22.0 Å². The van der Waals surface area contributed by atoms with Crippen LogP contribution in [0.25, 0.3) is 0 Å². The van der Waals surface area contributed by atoms with Crippen molar-refractivity contribution in [2.24, 2.45) is 5.14 Å². The minimum atomic E-state index is -3.97. The van der Waals surface area contributed by atoms with E-state index in [-0.39, 0.29) is 28.3 Å². The summed E-state index contributed by atoms with van der Waals surface area (Å²) < 4.78 is 41.9. The third kappa shape index (κ3) is 3.58. The SMILES string of the molecule is Cc1oc(C(=O)N2CCNCC2c2cccc(F)c2)cc1S(N)(=O)=O. The molecule has 3 rings (SSSR count). The number of hydrogen-bond donors (Lipinski definition) is 2.